The van der Waals surface area contributed by atoms with E-state index in [9.17, 15) is 4.79 Å². The first kappa shape index (κ1) is 18.4. The molecule has 4 nitrogen and oxygen atoms in total. The largest absolute Gasteiger partial charge is 0.348 e. The highest BCUT2D eigenvalue weighted by Gasteiger charge is 2.15. The number of nitrogens with zero attached hydrogens (tertiary/aromatic N) is 2. The van der Waals surface area contributed by atoms with Gasteiger partial charge in [0.1, 0.15) is 0 Å². The molecule has 1 N–H and O–H groups in total. The van der Waals surface area contributed by atoms with Crippen molar-refractivity contribution in [2.45, 2.75) is 6.54 Å². The topological polar surface area (TPSA) is 54.9 Å². The van der Waals surface area contributed by atoms with Gasteiger partial charge in [0.25, 0.3) is 5.91 Å². The summed E-state index contributed by atoms with van der Waals surface area (Å²) in [6, 6.07) is 18.2. The number of hydrogen-bond donors (Lipinski definition) is 1. The maximum absolute atomic E-state index is 13.0. The summed E-state index contributed by atoms with van der Waals surface area (Å²) in [7, 11) is 0. The molecule has 0 saturated heterocycles. The number of nitrogens with one attached hydrogen (secondary N) is 1. The highest BCUT2D eigenvalue weighted by Crippen LogP contribution is 2.27. The summed E-state index contributed by atoms with van der Waals surface area (Å²) in [6.07, 6.45) is 3.41. The third kappa shape index (κ3) is 3.84. The third-order valence-corrected chi connectivity index (χ3v) is 4.97. The normalized spacial score (nSPS) is 10.8. The average molecular weight is 408 g/mol. The van der Waals surface area contributed by atoms with Gasteiger partial charge in [-0.25, -0.2) is 4.98 Å². The summed E-state index contributed by atoms with van der Waals surface area (Å²) in [6.45, 7) is 0.325. The zero-order chi connectivity index (χ0) is 19.5. The van der Waals surface area contributed by atoms with Crippen molar-refractivity contribution in [3.63, 3.8) is 0 Å². The van der Waals surface area contributed by atoms with Crippen LogP contribution >= 0.6 is 23.2 Å². The van der Waals surface area contributed by atoms with E-state index < -0.39 is 0 Å². The molecule has 0 unspecified atom stereocenters. The number of aromatic nitrogens is 2. The second-order valence-corrected chi connectivity index (χ2v) is 7.08. The molecule has 2 aromatic carbocycles. The summed E-state index contributed by atoms with van der Waals surface area (Å²) in [5, 5.41) is 4.79. The van der Waals surface area contributed by atoms with Crippen LogP contribution in [0.25, 0.3) is 22.2 Å². The Labute approximate surface area is 172 Å². The minimum absolute atomic E-state index is 0.222. The van der Waals surface area contributed by atoms with E-state index in [0.717, 1.165) is 11.1 Å². The van der Waals surface area contributed by atoms with Gasteiger partial charge in [-0.3, -0.25) is 9.78 Å². The first-order valence-electron chi connectivity index (χ1n) is 8.64. The molecule has 138 valence electrons. The summed E-state index contributed by atoms with van der Waals surface area (Å²) >= 11 is 12.3. The summed E-state index contributed by atoms with van der Waals surface area (Å²) in [4.78, 5) is 21.8. The molecule has 2 heterocycles. The third-order valence-electron chi connectivity index (χ3n) is 4.37. The van der Waals surface area contributed by atoms with Gasteiger partial charge in [0.2, 0.25) is 0 Å². The molecule has 0 atom stereocenters. The first-order chi connectivity index (χ1) is 13.6. The van der Waals surface area contributed by atoms with Crippen LogP contribution in [0.3, 0.4) is 0 Å². The van der Waals surface area contributed by atoms with Gasteiger partial charge in [0.15, 0.2) is 0 Å². The molecule has 0 bridgehead atoms. The summed E-state index contributed by atoms with van der Waals surface area (Å²) in [5.74, 6) is -0.222. The molecule has 0 aliphatic carbocycles. The monoisotopic (exact) mass is 407 g/mol. The number of amides is 1. The number of carbonyl (C=O) groups excluding carboxylic acids is 1. The fraction of sp³-hybridized carbons (Fsp3) is 0.0455. The van der Waals surface area contributed by atoms with E-state index in [1.54, 1.807) is 36.7 Å². The van der Waals surface area contributed by atoms with Crippen molar-refractivity contribution in [3.8, 4) is 11.3 Å². The average Bonchev–Trinajstić information content (AvgIpc) is 2.73. The lowest BCUT2D eigenvalue weighted by Gasteiger charge is -2.11. The molecule has 28 heavy (non-hydrogen) atoms. The van der Waals surface area contributed by atoms with Crippen molar-refractivity contribution in [2.24, 2.45) is 0 Å². The Balaban J connectivity index is 1.74. The highest BCUT2D eigenvalue weighted by atomic mass is 35.5. The van der Waals surface area contributed by atoms with Crippen molar-refractivity contribution >= 4 is 40.0 Å². The maximum atomic E-state index is 13.0. The number of carbonyl (C=O) groups is 1. The van der Waals surface area contributed by atoms with Crippen LogP contribution in [0.4, 0.5) is 0 Å². The van der Waals surface area contributed by atoms with Gasteiger partial charge in [-0.1, -0.05) is 41.4 Å². The number of pyridine rings is 2. The summed E-state index contributed by atoms with van der Waals surface area (Å²) < 4.78 is 0. The van der Waals surface area contributed by atoms with Crippen LogP contribution in [0.2, 0.25) is 10.0 Å². The molecule has 6 heteroatoms. The van der Waals surface area contributed by atoms with Gasteiger partial charge < -0.3 is 5.32 Å². The van der Waals surface area contributed by atoms with Crippen LogP contribution in [0.15, 0.2) is 73.1 Å². The smallest absolute Gasteiger partial charge is 0.252 e. The predicted octanol–water partition coefficient (Wildman–Crippen LogP) is 5.53. The number of fused-ring (bicyclic) bond motifs is 1. The molecular formula is C22H15Cl2N3O. The van der Waals surface area contributed by atoms with Gasteiger partial charge in [-0.15, -0.1) is 0 Å². The van der Waals surface area contributed by atoms with E-state index in [4.69, 9.17) is 23.2 Å². The van der Waals surface area contributed by atoms with E-state index in [-0.39, 0.29) is 5.91 Å². The predicted molar refractivity (Wildman–Crippen MR) is 113 cm³/mol. The van der Waals surface area contributed by atoms with Gasteiger partial charge in [-0.2, -0.15) is 0 Å². The molecule has 0 spiro atoms. The first-order valence-corrected chi connectivity index (χ1v) is 9.40. The maximum Gasteiger partial charge on any atom is 0.252 e. The molecule has 0 aliphatic heterocycles. The van der Waals surface area contributed by atoms with Crippen LogP contribution < -0.4 is 5.32 Å². The number of halogens is 2. The number of benzene rings is 2. The van der Waals surface area contributed by atoms with Crippen LogP contribution in [-0.4, -0.2) is 15.9 Å². The van der Waals surface area contributed by atoms with Gasteiger partial charge in [0.05, 0.1) is 16.8 Å². The van der Waals surface area contributed by atoms with Gasteiger partial charge in [0, 0.05) is 39.9 Å². The van der Waals surface area contributed by atoms with E-state index in [2.05, 4.69) is 15.3 Å². The quantitative estimate of drug-likeness (QED) is 0.483. The zero-order valence-corrected chi connectivity index (χ0v) is 16.2. The standard InChI is InChI=1S/C22H15Cl2N3O/c23-16-7-8-20-17(10-16)18(11-21(27-20)15-5-3-9-25-12-15)22(28)26-13-14-4-1-2-6-19(14)24/h1-12H,13H2,(H,26,28). The molecule has 4 aromatic rings. The Bertz CT molecular complexity index is 1160. The van der Waals surface area contributed by atoms with Crippen LogP contribution in [0.1, 0.15) is 15.9 Å². The van der Waals surface area contributed by atoms with E-state index >= 15 is 0 Å². The van der Waals surface area contributed by atoms with Crippen LogP contribution in [-0.2, 0) is 6.54 Å². The molecule has 0 fully saturated rings. The minimum atomic E-state index is -0.222. The van der Waals surface area contributed by atoms with Crippen LogP contribution in [0.5, 0.6) is 0 Å². The second kappa shape index (κ2) is 7.97. The number of hydrogen-bond acceptors (Lipinski definition) is 3. The zero-order valence-electron chi connectivity index (χ0n) is 14.7. The SMILES string of the molecule is O=C(NCc1ccccc1Cl)c1cc(-c2cccnc2)nc2ccc(Cl)cc12. The Morgan fingerprint density at radius 1 is 1.00 bits per heavy atom. The minimum Gasteiger partial charge on any atom is -0.348 e. The Morgan fingerprint density at radius 3 is 2.64 bits per heavy atom. The molecule has 0 aliphatic rings. The lowest BCUT2D eigenvalue weighted by atomic mass is 10.0. The molecule has 0 saturated carbocycles. The van der Waals surface area contributed by atoms with Crippen molar-refractivity contribution < 1.29 is 4.79 Å². The van der Waals surface area contributed by atoms with Gasteiger partial charge in [-0.05, 0) is 48.0 Å². The molecule has 4 rings (SSSR count). The molecule has 1 amide bonds. The lowest BCUT2D eigenvalue weighted by Crippen LogP contribution is -2.23. The Kier molecular flexibility index (Phi) is 5.24. The highest BCUT2D eigenvalue weighted by molar-refractivity contribution is 6.31. The van der Waals surface area contributed by atoms with Crippen molar-refractivity contribution in [2.75, 3.05) is 0 Å². The fourth-order valence-corrected chi connectivity index (χ4v) is 3.34. The lowest BCUT2D eigenvalue weighted by molar-refractivity contribution is 0.0952. The Morgan fingerprint density at radius 2 is 1.86 bits per heavy atom. The van der Waals surface area contributed by atoms with E-state index in [0.29, 0.717) is 38.8 Å². The molecule has 0 radical (unpaired) electrons. The number of rotatable bonds is 4. The summed E-state index contributed by atoms with van der Waals surface area (Å²) in [5.41, 5.74) is 3.54. The van der Waals surface area contributed by atoms with Crippen LogP contribution in [0, 0.1) is 0 Å². The molecule has 2 aromatic heterocycles. The fourth-order valence-electron chi connectivity index (χ4n) is 2.96. The second-order valence-electron chi connectivity index (χ2n) is 6.23. The Hall–Kier alpha value is -2.95. The van der Waals surface area contributed by atoms with Crippen molar-refractivity contribution in [1.82, 2.24) is 15.3 Å². The van der Waals surface area contributed by atoms with E-state index in [1.807, 2.05) is 36.4 Å². The van der Waals surface area contributed by atoms with Crippen molar-refractivity contribution in [1.29, 1.82) is 0 Å². The molecular weight excluding hydrogens is 393 g/mol. The van der Waals surface area contributed by atoms with E-state index in [1.165, 1.54) is 0 Å². The van der Waals surface area contributed by atoms with Crippen molar-refractivity contribution in [3.05, 3.63) is 94.2 Å². The van der Waals surface area contributed by atoms with Gasteiger partial charge >= 0.3 is 0 Å².